The van der Waals surface area contributed by atoms with Gasteiger partial charge in [0.1, 0.15) is 0 Å². The topological polar surface area (TPSA) is 95.8 Å². The second-order valence-corrected chi connectivity index (χ2v) is 11.1. The number of ether oxygens (including phenoxy) is 2. The third-order valence-corrected chi connectivity index (χ3v) is 9.75. The maximum atomic E-state index is 10.6. The first-order valence-electron chi connectivity index (χ1n) is 8.35. The van der Waals surface area contributed by atoms with Crippen molar-refractivity contribution in [3.05, 3.63) is 0 Å². The molecule has 2 N–H and O–H groups in total. The summed E-state index contributed by atoms with van der Waals surface area (Å²) in [5.74, 6) is 0. The van der Waals surface area contributed by atoms with E-state index in [4.69, 9.17) is 32.0 Å². The maximum absolute atomic E-state index is 10.6. The second kappa shape index (κ2) is 14.3. The third kappa shape index (κ3) is 10.2. The molecule has 0 aromatic heterocycles. The summed E-state index contributed by atoms with van der Waals surface area (Å²) in [4.78, 5) is 10.6. The summed E-state index contributed by atoms with van der Waals surface area (Å²) in [6, 6.07) is 0.881. The van der Waals surface area contributed by atoms with Crippen LogP contribution in [0.25, 0.3) is 0 Å². The summed E-state index contributed by atoms with van der Waals surface area (Å²) in [6.45, 7) is 4.05. The molecule has 0 aliphatic rings. The maximum Gasteiger partial charge on any atom is 0.493 e. The SMILES string of the molecule is CCCOCCC[Si](OC)(OC)O[Si](O)(CCCOCCO)OC. The molecule has 0 aliphatic heterocycles. The third-order valence-electron chi connectivity index (χ3n) is 3.39. The molecule has 0 aliphatic carbocycles. The lowest BCUT2D eigenvalue weighted by Gasteiger charge is -2.33. The molecule has 0 fully saturated rings. The first kappa shape index (κ1) is 24.1. The molecule has 0 bridgehead atoms. The molecule has 0 saturated carbocycles. The normalized spacial score (nSPS) is 14.8. The van der Waals surface area contributed by atoms with Gasteiger partial charge in [-0.3, -0.25) is 0 Å². The first-order valence-corrected chi connectivity index (χ1v) is 12.3. The van der Waals surface area contributed by atoms with E-state index in [0.717, 1.165) is 19.4 Å². The van der Waals surface area contributed by atoms with Gasteiger partial charge in [0.15, 0.2) is 0 Å². The van der Waals surface area contributed by atoms with Gasteiger partial charge >= 0.3 is 17.6 Å². The highest BCUT2D eigenvalue weighted by Crippen LogP contribution is 2.24. The molecule has 1 atom stereocenters. The Labute approximate surface area is 147 Å². The zero-order valence-corrected chi connectivity index (χ0v) is 17.4. The summed E-state index contributed by atoms with van der Waals surface area (Å²) in [6.07, 6.45) is 2.26. The molecule has 0 rings (SSSR count). The van der Waals surface area contributed by atoms with Crippen molar-refractivity contribution in [2.75, 3.05) is 54.4 Å². The van der Waals surface area contributed by atoms with E-state index < -0.39 is 17.6 Å². The Balaban J connectivity index is 4.48. The highest BCUT2D eigenvalue weighted by atomic mass is 28.5. The van der Waals surface area contributed by atoms with Crippen LogP contribution in [-0.2, 0) is 26.9 Å². The van der Waals surface area contributed by atoms with Gasteiger partial charge in [-0.1, -0.05) is 6.92 Å². The summed E-state index contributed by atoms with van der Waals surface area (Å²) >= 11 is 0. The van der Waals surface area contributed by atoms with E-state index in [1.807, 2.05) is 0 Å². The standard InChI is InChI=1S/C14H34O8Si2/c1-5-9-20-11-7-14-24(18-3,19-4)22-23(16,17-2)13-6-10-21-12-8-15/h15-16H,5-14H2,1-4H3. The van der Waals surface area contributed by atoms with Gasteiger partial charge in [-0.2, -0.15) is 0 Å². The summed E-state index contributed by atoms with van der Waals surface area (Å²) in [5.41, 5.74) is 0. The average molecular weight is 387 g/mol. The average Bonchev–Trinajstić information content (AvgIpc) is 2.60. The van der Waals surface area contributed by atoms with Gasteiger partial charge in [-0.25, -0.2) is 0 Å². The summed E-state index contributed by atoms with van der Waals surface area (Å²) in [5, 5.41) is 8.67. The van der Waals surface area contributed by atoms with Crippen LogP contribution in [0.3, 0.4) is 0 Å². The minimum atomic E-state index is -3.41. The van der Waals surface area contributed by atoms with Crippen LogP contribution in [0.15, 0.2) is 0 Å². The van der Waals surface area contributed by atoms with Gasteiger partial charge in [0.25, 0.3) is 0 Å². The molecular weight excluding hydrogens is 352 g/mol. The highest BCUT2D eigenvalue weighted by molar-refractivity contribution is 6.74. The van der Waals surface area contributed by atoms with Crippen LogP contribution in [0, 0.1) is 0 Å². The largest absolute Gasteiger partial charge is 0.493 e. The molecule has 10 heteroatoms. The molecule has 0 amide bonds. The van der Waals surface area contributed by atoms with Crippen LogP contribution in [-0.4, -0.2) is 81.9 Å². The molecule has 0 radical (unpaired) electrons. The van der Waals surface area contributed by atoms with Crippen LogP contribution < -0.4 is 0 Å². The van der Waals surface area contributed by atoms with Crippen LogP contribution in [0.2, 0.25) is 12.1 Å². The smallest absolute Gasteiger partial charge is 0.394 e. The van der Waals surface area contributed by atoms with Crippen LogP contribution in [0.1, 0.15) is 26.2 Å². The molecule has 0 saturated heterocycles. The van der Waals surface area contributed by atoms with Crippen LogP contribution in [0.5, 0.6) is 0 Å². The van der Waals surface area contributed by atoms with E-state index in [9.17, 15) is 4.80 Å². The number of aliphatic hydroxyl groups excluding tert-OH is 1. The summed E-state index contributed by atoms with van der Waals surface area (Å²) in [7, 11) is -1.94. The van der Waals surface area contributed by atoms with E-state index in [0.29, 0.717) is 31.7 Å². The minimum absolute atomic E-state index is 0.0219. The molecule has 8 nitrogen and oxygen atoms in total. The molecule has 1 unspecified atom stereocenters. The number of hydrogen-bond donors (Lipinski definition) is 2. The Morgan fingerprint density at radius 3 is 1.88 bits per heavy atom. The van der Waals surface area contributed by atoms with Crippen molar-refractivity contribution in [3.63, 3.8) is 0 Å². The quantitative estimate of drug-likeness (QED) is 0.283. The molecule has 24 heavy (non-hydrogen) atoms. The molecular formula is C14H34O8Si2. The summed E-state index contributed by atoms with van der Waals surface area (Å²) < 4.78 is 32.8. The number of rotatable bonds is 17. The van der Waals surface area contributed by atoms with Crippen molar-refractivity contribution in [2.24, 2.45) is 0 Å². The molecule has 0 heterocycles. The van der Waals surface area contributed by atoms with E-state index in [2.05, 4.69) is 6.92 Å². The lowest BCUT2D eigenvalue weighted by molar-refractivity contribution is 0.0801. The van der Waals surface area contributed by atoms with Crippen molar-refractivity contribution in [1.29, 1.82) is 0 Å². The van der Waals surface area contributed by atoms with Gasteiger partial charge in [-0.15, -0.1) is 0 Å². The number of hydrogen-bond acceptors (Lipinski definition) is 8. The first-order chi connectivity index (χ1) is 11.5. The lowest BCUT2D eigenvalue weighted by atomic mass is 10.5. The molecule has 0 aromatic carbocycles. The second-order valence-electron chi connectivity index (χ2n) is 5.27. The van der Waals surface area contributed by atoms with Gasteiger partial charge in [-0.05, 0) is 19.3 Å². The predicted octanol–water partition coefficient (Wildman–Crippen LogP) is 1.03. The Kier molecular flexibility index (Phi) is 14.4. The van der Waals surface area contributed by atoms with Gasteiger partial charge in [0.05, 0.1) is 13.2 Å². The monoisotopic (exact) mass is 386 g/mol. The van der Waals surface area contributed by atoms with Gasteiger partial charge < -0.3 is 36.8 Å². The number of aliphatic hydroxyl groups is 1. The lowest BCUT2D eigenvalue weighted by Crippen LogP contribution is -2.56. The Morgan fingerprint density at radius 2 is 1.38 bits per heavy atom. The van der Waals surface area contributed by atoms with Crippen LogP contribution in [0.4, 0.5) is 0 Å². The van der Waals surface area contributed by atoms with Crippen molar-refractivity contribution >= 4 is 17.6 Å². The van der Waals surface area contributed by atoms with Crippen molar-refractivity contribution in [3.8, 4) is 0 Å². The van der Waals surface area contributed by atoms with E-state index in [1.54, 1.807) is 0 Å². The van der Waals surface area contributed by atoms with E-state index >= 15 is 0 Å². The van der Waals surface area contributed by atoms with E-state index in [1.165, 1.54) is 21.3 Å². The van der Waals surface area contributed by atoms with Crippen LogP contribution >= 0.6 is 0 Å². The zero-order valence-electron chi connectivity index (χ0n) is 15.4. The highest BCUT2D eigenvalue weighted by Gasteiger charge is 2.49. The molecule has 0 aromatic rings. The zero-order chi connectivity index (χ0) is 18.3. The van der Waals surface area contributed by atoms with Crippen molar-refractivity contribution in [2.45, 2.75) is 38.3 Å². The van der Waals surface area contributed by atoms with Gasteiger partial charge in [0.2, 0.25) is 0 Å². The fourth-order valence-corrected chi connectivity index (χ4v) is 7.77. The van der Waals surface area contributed by atoms with E-state index in [-0.39, 0.29) is 13.2 Å². The van der Waals surface area contributed by atoms with Crippen molar-refractivity contribution in [1.82, 2.24) is 0 Å². The Morgan fingerprint density at radius 1 is 0.792 bits per heavy atom. The molecule has 0 spiro atoms. The van der Waals surface area contributed by atoms with Crippen molar-refractivity contribution < 1.29 is 36.8 Å². The Hall–Kier alpha value is 0.114. The fourth-order valence-electron chi connectivity index (χ4n) is 2.06. The predicted molar refractivity (Wildman–Crippen MR) is 93.7 cm³/mol. The Bertz CT molecular complexity index is 294. The van der Waals surface area contributed by atoms with Gasteiger partial charge in [0, 0.05) is 53.2 Å². The molecule has 146 valence electrons. The fraction of sp³-hybridized carbons (Fsp3) is 1.00. The minimum Gasteiger partial charge on any atom is -0.394 e.